The van der Waals surface area contributed by atoms with Crippen molar-refractivity contribution in [2.75, 3.05) is 44.2 Å². The maximum atomic E-state index is 12.3. The number of hydrogen-bond acceptors (Lipinski definition) is 6. The molecule has 22 heavy (non-hydrogen) atoms. The zero-order valence-electron chi connectivity index (χ0n) is 12.7. The Balaban J connectivity index is 0.00000121. The Labute approximate surface area is 147 Å². The number of hydrogen-bond donors (Lipinski definition) is 1. The van der Waals surface area contributed by atoms with Gasteiger partial charge in [0.25, 0.3) is 0 Å². The van der Waals surface area contributed by atoms with Crippen LogP contribution in [0.4, 0.5) is 5.13 Å². The average molecular weight is 368 g/mol. The highest BCUT2D eigenvalue weighted by molar-refractivity contribution is 7.09. The van der Waals surface area contributed by atoms with Crippen molar-refractivity contribution < 1.29 is 4.79 Å². The summed E-state index contributed by atoms with van der Waals surface area (Å²) in [6.45, 7) is 7.22. The Kier molecular flexibility index (Phi) is 7.82. The molecule has 2 aliphatic rings. The molecule has 126 valence electrons. The Bertz CT molecular complexity index is 473. The third-order valence-electron chi connectivity index (χ3n) is 4.05. The van der Waals surface area contributed by atoms with E-state index in [4.69, 9.17) is 0 Å². The molecule has 3 rings (SSSR count). The summed E-state index contributed by atoms with van der Waals surface area (Å²) in [4.78, 5) is 21.1. The van der Waals surface area contributed by atoms with Gasteiger partial charge in [0.15, 0.2) is 0 Å². The minimum Gasteiger partial charge on any atom is -0.343 e. The monoisotopic (exact) mass is 367 g/mol. The van der Waals surface area contributed by atoms with Gasteiger partial charge in [-0.15, -0.1) is 24.8 Å². The minimum atomic E-state index is 0. The molecule has 9 heteroatoms. The van der Waals surface area contributed by atoms with Crippen molar-refractivity contribution in [3.8, 4) is 0 Å². The van der Waals surface area contributed by atoms with Gasteiger partial charge in [-0.3, -0.25) is 4.79 Å². The van der Waals surface area contributed by atoms with Crippen molar-refractivity contribution in [3.05, 3.63) is 5.82 Å². The van der Waals surface area contributed by atoms with Crippen LogP contribution in [0.3, 0.4) is 0 Å². The summed E-state index contributed by atoms with van der Waals surface area (Å²) in [5, 5.41) is 4.26. The van der Waals surface area contributed by atoms with Crippen LogP contribution in [0.15, 0.2) is 0 Å². The fourth-order valence-corrected chi connectivity index (χ4v) is 3.56. The van der Waals surface area contributed by atoms with Gasteiger partial charge in [0, 0.05) is 50.7 Å². The predicted octanol–water partition coefficient (Wildman–Crippen LogP) is 1.20. The van der Waals surface area contributed by atoms with Gasteiger partial charge in [0.1, 0.15) is 5.82 Å². The lowest BCUT2D eigenvalue weighted by molar-refractivity contribution is -0.135. The number of aromatic nitrogens is 2. The van der Waals surface area contributed by atoms with Crippen molar-refractivity contribution in [1.29, 1.82) is 0 Å². The zero-order valence-corrected chi connectivity index (χ0v) is 15.1. The number of anilines is 1. The maximum Gasteiger partial charge on any atom is 0.227 e. The highest BCUT2D eigenvalue weighted by Crippen LogP contribution is 2.20. The van der Waals surface area contributed by atoms with Crippen LogP contribution in [0.5, 0.6) is 0 Å². The van der Waals surface area contributed by atoms with Gasteiger partial charge in [-0.25, -0.2) is 4.98 Å². The lowest BCUT2D eigenvalue weighted by Gasteiger charge is -2.35. The van der Waals surface area contributed by atoms with Crippen molar-refractivity contribution in [2.45, 2.75) is 19.8 Å². The van der Waals surface area contributed by atoms with Crippen LogP contribution in [0.2, 0.25) is 0 Å². The van der Waals surface area contributed by atoms with Crippen molar-refractivity contribution in [3.63, 3.8) is 0 Å². The molecular weight excluding hydrogens is 345 g/mol. The molecule has 1 N–H and O–H groups in total. The summed E-state index contributed by atoms with van der Waals surface area (Å²) in [6.07, 6.45) is 1.86. The minimum absolute atomic E-state index is 0. The van der Waals surface area contributed by atoms with Gasteiger partial charge >= 0.3 is 0 Å². The molecule has 1 aromatic heterocycles. The van der Waals surface area contributed by atoms with Crippen LogP contribution in [0, 0.1) is 5.92 Å². The Morgan fingerprint density at radius 3 is 2.59 bits per heavy atom. The van der Waals surface area contributed by atoms with Gasteiger partial charge in [0.05, 0.1) is 5.92 Å². The van der Waals surface area contributed by atoms with Gasteiger partial charge < -0.3 is 15.1 Å². The van der Waals surface area contributed by atoms with Crippen LogP contribution in [-0.4, -0.2) is 59.4 Å². The molecule has 1 unspecified atom stereocenters. The second-order valence-corrected chi connectivity index (χ2v) is 6.08. The molecule has 1 atom stereocenters. The highest BCUT2D eigenvalue weighted by atomic mass is 35.5. The molecule has 1 amide bonds. The zero-order chi connectivity index (χ0) is 13.9. The molecule has 0 aliphatic carbocycles. The number of nitrogens with zero attached hydrogens (tertiary/aromatic N) is 4. The summed E-state index contributed by atoms with van der Waals surface area (Å²) in [5.41, 5.74) is 0. The Morgan fingerprint density at radius 1 is 1.32 bits per heavy atom. The van der Waals surface area contributed by atoms with Crippen LogP contribution in [-0.2, 0) is 11.2 Å². The van der Waals surface area contributed by atoms with E-state index in [1.807, 2.05) is 4.90 Å². The summed E-state index contributed by atoms with van der Waals surface area (Å²) >= 11 is 1.47. The van der Waals surface area contributed by atoms with Gasteiger partial charge in [0.2, 0.25) is 11.0 Å². The number of rotatable bonds is 3. The standard InChI is InChI=1S/C13H21N5OS.2ClH/c1-2-11-15-13(20-16-11)18-7-5-17(6-8-18)12(19)10-3-4-14-9-10;;/h10,14H,2-9H2,1H3;2*1H. The fourth-order valence-electron chi connectivity index (χ4n) is 2.76. The summed E-state index contributed by atoms with van der Waals surface area (Å²) in [5.74, 6) is 1.43. The van der Waals surface area contributed by atoms with Crippen molar-refractivity contribution >= 4 is 47.4 Å². The molecule has 2 saturated heterocycles. The first-order valence-electron chi connectivity index (χ1n) is 7.35. The first-order chi connectivity index (χ1) is 9.78. The van der Waals surface area contributed by atoms with E-state index in [1.54, 1.807) is 0 Å². The van der Waals surface area contributed by atoms with E-state index in [0.717, 1.165) is 63.1 Å². The summed E-state index contributed by atoms with van der Waals surface area (Å²) in [6, 6.07) is 0. The maximum absolute atomic E-state index is 12.3. The van der Waals surface area contributed by atoms with Crippen molar-refractivity contribution in [1.82, 2.24) is 19.6 Å². The normalized spacial score (nSPS) is 21.2. The SMILES string of the molecule is CCc1nsc(N2CCN(C(=O)C3CCNC3)CC2)n1.Cl.Cl. The van der Waals surface area contributed by atoms with Crippen LogP contribution in [0.1, 0.15) is 19.2 Å². The lowest BCUT2D eigenvalue weighted by atomic mass is 10.1. The second kappa shape index (κ2) is 8.86. The first kappa shape index (κ1) is 19.4. The molecule has 2 aliphatic heterocycles. The molecule has 2 fully saturated rings. The van der Waals surface area contributed by atoms with Crippen LogP contribution < -0.4 is 10.2 Å². The molecule has 0 spiro atoms. The highest BCUT2D eigenvalue weighted by Gasteiger charge is 2.29. The molecule has 1 aromatic rings. The van der Waals surface area contributed by atoms with Gasteiger partial charge in [-0.2, -0.15) is 4.37 Å². The van der Waals surface area contributed by atoms with E-state index in [0.29, 0.717) is 5.91 Å². The van der Waals surface area contributed by atoms with E-state index in [9.17, 15) is 4.79 Å². The first-order valence-corrected chi connectivity index (χ1v) is 8.12. The van der Waals surface area contributed by atoms with E-state index < -0.39 is 0 Å². The third kappa shape index (κ3) is 4.22. The largest absolute Gasteiger partial charge is 0.343 e. The van der Waals surface area contributed by atoms with Gasteiger partial charge in [-0.05, 0) is 13.0 Å². The van der Waals surface area contributed by atoms with Crippen LogP contribution >= 0.6 is 36.3 Å². The van der Waals surface area contributed by atoms with E-state index in [2.05, 4.69) is 26.5 Å². The quantitative estimate of drug-likeness (QED) is 0.869. The van der Waals surface area contributed by atoms with E-state index in [1.165, 1.54) is 11.5 Å². The Hall–Kier alpha value is -0.630. The molecule has 6 nitrogen and oxygen atoms in total. The smallest absolute Gasteiger partial charge is 0.227 e. The number of halogens is 2. The number of carbonyl (C=O) groups is 1. The fraction of sp³-hybridized carbons (Fsp3) is 0.769. The molecule has 0 saturated carbocycles. The number of carbonyl (C=O) groups excluding carboxylic acids is 1. The van der Waals surface area contributed by atoms with Gasteiger partial charge in [-0.1, -0.05) is 6.92 Å². The summed E-state index contributed by atoms with van der Waals surface area (Å²) in [7, 11) is 0. The number of nitrogens with one attached hydrogen (secondary N) is 1. The molecule has 0 bridgehead atoms. The third-order valence-corrected chi connectivity index (χ3v) is 4.86. The Morgan fingerprint density at radius 2 is 2.05 bits per heavy atom. The number of aryl methyl sites for hydroxylation is 1. The number of piperazine rings is 1. The van der Waals surface area contributed by atoms with Crippen molar-refractivity contribution in [2.24, 2.45) is 5.92 Å². The van der Waals surface area contributed by atoms with Crippen LogP contribution in [0.25, 0.3) is 0 Å². The van der Waals surface area contributed by atoms with E-state index in [-0.39, 0.29) is 30.7 Å². The summed E-state index contributed by atoms with van der Waals surface area (Å²) < 4.78 is 4.33. The van der Waals surface area contributed by atoms with E-state index >= 15 is 0 Å². The lowest BCUT2D eigenvalue weighted by Crippen LogP contribution is -2.50. The molecule has 3 heterocycles. The predicted molar refractivity (Wildman–Crippen MR) is 93.6 cm³/mol. The average Bonchev–Trinajstić information content (AvgIpc) is 3.18. The topological polar surface area (TPSA) is 61.4 Å². The molecular formula is C13H23Cl2N5OS. The second-order valence-electron chi connectivity index (χ2n) is 5.35. The molecule has 0 aromatic carbocycles. The molecule has 0 radical (unpaired) electrons. The number of amides is 1.